The molecule has 0 saturated heterocycles. The number of hydrogen-bond acceptors (Lipinski definition) is 4. The molecule has 1 saturated carbocycles. The smallest absolute Gasteiger partial charge is 0.243 e. The van der Waals surface area contributed by atoms with Gasteiger partial charge in [-0.15, -0.1) is 0 Å². The molecule has 1 fully saturated rings. The molecule has 0 radical (unpaired) electrons. The number of sulfonamides is 1. The SMILES string of the molecule is CC[C@H](C(=O)NC1CCCC1)N(CCc1ccccc1)C(=O)CCCN(c1ccccc1C)S(C)(=O)=O. The van der Waals surface area contributed by atoms with Gasteiger partial charge in [-0.3, -0.25) is 13.9 Å². The van der Waals surface area contributed by atoms with E-state index in [0.717, 1.165) is 36.8 Å². The van der Waals surface area contributed by atoms with Crippen molar-refractivity contribution in [3.63, 3.8) is 0 Å². The molecule has 1 N–H and O–H groups in total. The maximum Gasteiger partial charge on any atom is 0.243 e. The maximum atomic E-state index is 13.5. The number of aryl methyl sites for hydroxylation is 1. The largest absolute Gasteiger partial charge is 0.352 e. The van der Waals surface area contributed by atoms with Crippen LogP contribution in [-0.2, 0) is 26.0 Å². The predicted molar refractivity (Wildman–Crippen MR) is 149 cm³/mol. The summed E-state index contributed by atoms with van der Waals surface area (Å²) in [5.41, 5.74) is 2.59. The summed E-state index contributed by atoms with van der Waals surface area (Å²) in [6.45, 7) is 4.45. The minimum Gasteiger partial charge on any atom is -0.352 e. The first kappa shape index (κ1) is 28.7. The van der Waals surface area contributed by atoms with E-state index in [2.05, 4.69) is 5.32 Å². The lowest BCUT2D eigenvalue weighted by Crippen LogP contribution is -2.52. The topological polar surface area (TPSA) is 86.8 Å². The number of nitrogens with zero attached hydrogens (tertiary/aromatic N) is 2. The van der Waals surface area contributed by atoms with Crippen molar-refractivity contribution < 1.29 is 18.0 Å². The number of benzene rings is 2. The fraction of sp³-hybridized carbons (Fsp3) is 0.517. The van der Waals surface area contributed by atoms with Crippen LogP contribution in [0.5, 0.6) is 0 Å². The van der Waals surface area contributed by atoms with Gasteiger partial charge in [0.15, 0.2) is 0 Å². The van der Waals surface area contributed by atoms with Crippen LogP contribution < -0.4 is 9.62 Å². The number of anilines is 1. The third-order valence-electron chi connectivity index (χ3n) is 7.11. The Hall–Kier alpha value is -2.87. The molecule has 3 rings (SSSR count). The molecule has 2 amide bonds. The van der Waals surface area contributed by atoms with Crippen molar-refractivity contribution in [2.45, 2.75) is 77.3 Å². The molecule has 2 aromatic rings. The van der Waals surface area contributed by atoms with E-state index in [0.29, 0.717) is 31.5 Å². The molecule has 0 unspecified atom stereocenters. The van der Waals surface area contributed by atoms with Gasteiger partial charge in [0, 0.05) is 25.6 Å². The second-order valence-corrected chi connectivity index (χ2v) is 11.9. The first-order chi connectivity index (χ1) is 17.7. The monoisotopic (exact) mass is 527 g/mol. The average Bonchev–Trinajstić information content (AvgIpc) is 3.37. The van der Waals surface area contributed by atoms with Gasteiger partial charge in [-0.2, -0.15) is 0 Å². The molecule has 1 aliphatic carbocycles. The quantitative estimate of drug-likeness (QED) is 0.417. The van der Waals surface area contributed by atoms with Crippen molar-refractivity contribution in [3.8, 4) is 0 Å². The maximum absolute atomic E-state index is 13.5. The predicted octanol–water partition coefficient (Wildman–Crippen LogP) is 4.45. The first-order valence-electron chi connectivity index (χ1n) is 13.4. The molecular weight excluding hydrogens is 486 g/mol. The van der Waals surface area contributed by atoms with Gasteiger partial charge in [0.25, 0.3) is 0 Å². The van der Waals surface area contributed by atoms with Crippen molar-refractivity contribution >= 4 is 27.5 Å². The van der Waals surface area contributed by atoms with Gasteiger partial charge in [0.05, 0.1) is 11.9 Å². The Morgan fingerprint density at radius 3 is 2.27 bits per heavy atom. The number of hydrogen-bond donors (Lipinski definition) is 1. The van der Waals surface area contributed by atoms with Gasteiger partial charge in [-0.1, -0.05) is 68.3 Å². The number of amides is 2. The Morgan fingerprint density at radius 2 is 1.65 bits per heavy atom. The Kier molecular flexibility index (Phi) is 10.6. The molecule has 7 nitrogen and oxygen atoms in total. The van der Waals surface area contributed by atoms with E-state index in [4.69, 9.17) is 0 Å². The first-order valence-corrected chi connectivity index (χ1v) is 15.2. The Morgan fingerprint density at radius 1 is 1.00 bits per heavy atom. The number of nitrogens with one attached hydrogen (secondary N) is 1. The summed E-state index contributed by atoms with van der Waals surface area (Å²) in [6, 6.07) is 16.9. The Bertz CT molecular complexity index is 1130. The van der Waals surface area contributed by atoms with Gasteiger partial charge in [0.1, 0.15) is 6.04 Å². The Labute approximate surface area is 222 Å². The number of para-hydroxylation sites is 1. The molecule has 0 aromatic heterocycles. The van der Waals surface area contributed by atoms with Crippen LogP contribution >= 0.6 is 0 Å². The van der Waals surface area contributed by atoms with Crippen molar-refractivity contribution in [2.24, 2.45) is 0 Å². The highest BCUT2D eigenvalue weighted by Crippen LogP contribution is 2.23. The van der Waals surface area contributed by atoms with Crippen LogP contribution in [0.4, 0.5) is 5.69 Å². The molecule has 202 valence electrons. The molecular formula is C29H41N3O4S. The van der Waals surface area contributed by atoms with Crippen LogP contribution in [0.25, 0.3) is 0 Å². The molecule has 8 heteroatoms. The third-order valence-corrected chi connectivity index (χ3v) is 8.29. The summed E-state index contributed by atoms with van der Waals surface area (Å²) in [5.74, 6) is -0.212. The highest BCUT2D eigenvalue weighted by molar-refractivity contribution is 7.92. The summed E-state index contributed by atoms with van der Waals surface area (Å²) < 4.78 is 26.4. The normalized spacial score (nSPS) is 14.8. The second kappa shape index (κ2) is 13.6. The molecule has 37 heavy (non-hydrogen) atoms. The summed E-state index contributed by atoms with van der Waals surface area (Å²) in [7, 11) is -3.51. The molecule has 0 aliphatic heterocycles. The standard InChI is InChI=1S/C29H41N3O4S/c1-4-26(29(34)30-25-16-9-10-17-25)31(22-20-24-14-6-5-7-15-24)28(33)19-12-21-32(37(3,35)36)27-18-11-8-13-23(27)2/h5-8,11,13-15,18,25-26H,4,9-10,12,16-17,19-22H2,1-3H3,(H,30,34)/t26-/m1/s1. The molecule has 0 heterocycles. The summed E-state index contributed by atoms with van der Waals surface area (Å²) >= 11 is 0. The number of rotatable bonds is 13. The summed E-state index contributed by atoms with van der Waals surface area (Å²) in [4.78, 5) is 28.5. The lowest BCUT2D eigenvalue weighted by molar-refractivity contribution is -0.141. The molecule has 0 bridgehead atoms. The van der Waals surface area contributed by atoms with Crippen molar-refractivity contribution in [3.05, 3.63) is 65.7 Å². The van der Waals surface area contributed by atoms with E-state index in [9.17, 15) is 18.0 Å². The van der Waals surface area contributed by atoms with Gasteiger partial charge in [0.2, 0.25) is 21.8 Å². The number of carbonyl (C=O) groups is 2. The zero-order valence-corrected chi connectivity index (χ0v) is 23.2. The average molecular weight is 528 g/mol. The minimum atomic E-state index is -3.51. The zero-order chi connectivity index (χ0) is 26.8. The van der Waals surface area contributed by atoms with E-state index < -0.39 is 16.1 Å². The van der Waals surface area contributed by atoms with Gasteiger partial charge in [-0.25, -0.2) is 8.42 Å². The fourth-order valence-corrected chi connectivity index (χ4v) is 6.11. The second-order valence-electron chi connectivity index (χ2n) is 9.96. The molecule has 1 aliphatic rings. The van der Waals surface area contributed by atoms with Crippen molar-refractivity contribution in [1.82, 2.24) is 10.2 Å². The molecule has 0 spiro atoms. The summed E-state index contributed by atoms with van der Waals surface area (Å²) in [5, 5.41) is 3.16. The molecule has 1 atom stereocenters. The van der Waals surface area contributed by atoms with Crippen LogP contribution in [0.1, 0.15) is 63.0 Å². The van der Waals surface area contributed by atoms with Crippen molar-refractivity contribution in [1.29, 1.82) is 0 Å². The van der Waals surface area contributed by atoms with Gasteiger partial charge in [-0.05, 0) is 56.2 Å². The van der Waals surface area contributed by atoms with Crippen LogP contribution in [0.2, 0.25) is 0 Å². The van der Waals surface area contributed by atoms with Crippen LogP contribution in [0, 0.1) is 6.92 Å². The minimum absolute atomic E-state index is 0.0894. The van der Waals surface area contributed by atoms with Crippen LogP contribution in [0.15, 0.2) is 54.6 Å². The lowest BCUT2D eigenvalue weighted by atomic mass is 10.1. The van der Waals surface area contributed by atoms with Gasteiger partial charge >= 0.3 is 0 Å². The van der Waals surface area contributed by atoms with Crippen LogP contribution in [0.3, 0.4) is 0 Å². The fourth-order valence-electron chi connectivity index (χ4n) is 5.09. The van der Waals surface area contributed by atoms with E-state index in [1.807, 2.05) is 62.4 Å². The van der Waals surface area contributed by atoms with Crippen molar-refractivity contribution in [2.75, 3.05) is 23.7 Å². The summed E-state index contributed by atoms with van der Waals surface area (Å²) in [6.07, 6.45) is 7.11. The van der Waals surface area contributed by atoms with E-state index in [1.54, 1.807) is 11.0 Å². The highest BCUT2D eigenvalue weighted by Gasteiger charge is 2.30. The number of carbonyl (C=O) groups excluding carboxylic acids is 2. The van der Waals surface area contributed by atoms with Crippen LogP contribution in [-0.4, -0.2) is 56.6 Å². The van der Waals surface area contributed by atoms with E-state index in [1.165, 1.54) is 10.6 Å². The van der Waals surface area contributed by atoms with Gasteiger partial charge < -0.3 is 10.2 Å². The van der Waals surface area contributed by atoms with E-state index >= 15 is 0 Å². The highest BCUT2D eigenvalue weighted by atomic mass is 32.2. The Balaban J connectivity index is 1.71. The third kappa shape index (κ3) is 8.32. The zero-order valence-electron chi connectivity index (χ0n) is 22.4. The lowest BCUT2D eigenvalue weighted by Gasteiger charge is -2.32. The van der Waals surface area contributed by atoms with E-state index in [-0.39, 0.29) is 30.8 Å². The molecule has 2 aromatic carbocycles.